The van der Waals surface area contributed by atoms with Gasteiger partial charge in [-0.1, -0.05) is 23.2 Å². The van der Waals surface area contributed by atoms with Gasteiger partial charge in [0.25, 0.3) is 0 Å². The molecule has 2 saturated heterocycles. The number of anilines is 2. The molecule has 0 spiro atoms. The highest BCUT2D eigenvalue weighted by Gasteiger charge is 2.22. The van der Waals surface area contributed by atoms with Crippen LogP contribution in [0.2, 0.25) is 10.0 Å². The monoisotopic (exact) mass is 463 g/mol. The number of halogens is 2. The Hall–Kier alpha value is -1.86. The number of hydrogen-bond donors (Lipinski definition) is 2. The molecule has 0 bridgehead atoms. The van der Waals surface area contributed by atoms with Gasteiger partial charge in [-0.15, -0.1) is 0 Å². The number of amides is 1. The van der Waals surface area contributed by atoms with Crippen LogP contribution in [0.4, 0.5) is 11.5 Å². The molecule has 1 amide bonds. The minimum absolute atomic E-state index is 0.0398. The van der Waals surface area contributed by atoms with E-state index >= 15 is 0 Å². The smallest absolute Gasteiger partial charge is 0.228 e. The van der Waals surface area contributed by atoms with Crippen LogP contribution in [0.15, 0.2) is 30.5 Å². The Kier molecular flexibility index (Phi) is 7.67. The first kappa shape index (κ1) is 22.3. The molecule has 0 aliphatic carbocycles. The molecule has 0 unspecified atom stereocenters. The van der Waals surface area contributed by atoms with Gasteiger partial charge in [-0.05, 0) is 55.9 Å². The standard InChI is InChI=1S/C23H27Cl2N3O3/c24-20-2-1-17(26-13-15-3-7-30-8-4-15)11-18(20)19-12-22(27-14-21(19)25)28-23(29)16-5-9-31-10-6-16/h1-2,11-12,14-16,26H,3-10,13H2,(H,27,28,29). The second-order valence-corrected chi connectivity index (χ2v) is 8.87. The first-order valence-electron chi connectivity index (χ1n) is 10.8. The summed E-state index contributed by atoms with van der Waals surface area (Å²) >= 11 is 13.0. The van der Waals surface area contributed by atoms with Crippen molar-refractivity contribution >= 4 is 40.6 Å². The Bertz CT molecular complexity index is 913. The quantitative estimate of drug-likeness (QED) is 0.610. The maximum Gasteiger partial charge on any atom is 0.228 e. The molecule has 1 aromatic carbocycles. The number of pyridine rings is 1. The summed E-state index contributed by atoms with van der Waals surface area (Å²) in [4.78, 5) is 16.9. The van der Waals surface area contributed by atoms with Crippen molar-refractivity contribution in [2.75, 3.05) is 43.6 Å². The summed E-state index contributed by atoms with van der Waals surface area (Å²) in [6.07, 6.45) is 5.13. The third-order valence-electron chi connectivity index (χ3n) is 5.89. The number of hydrogen-bond acceptors (Lipinski definition) is 5. The fraction of sp³-hybridized carbons (Fsp3) is 0.478. The van der Waals surface area contributed by atoms with Crippen LogP contribution in [0.1, 0.15) is 25.7 Å². The number of benzene rings is 1. The fourth-order valence-corrected chi connectivity index (χ4v) is 4.38. The van der Waals surface area contributed by atoms with Gasteiger partial charge in [-0.25, -0.2) is 4.98 Å². The van der Waals surface area contributed by atoms with E-state index in [2.05, 4.69) is 15.6 Å². The van der Waals surface area contributed by atoms with Gasteiger partial charge in [0.2, 0.25) is 5.91 Å². The number of nitrogens with one attached hydrogen (secondary N) is 2. The first-order valence-corrected chi connectivity index (χ1v) is 11.5. The average Bonchev–Trinajstić information content (AvgIpc) is 2.81. The van der Waals surface area contributed by atoms with Gasteiger partial charge >= 0.3 is 0 Å². The summed E-state index contributed by atoms with van der Waals surface area (Å²) in [7, 11) is 0. The maximum absolute atomic E-state index is 12.6. The Labute approximate surface area is 192 Å². The summed E-state index contributed by atoms with van der Waals surface area (Å²) in [6.45, 7) is 3.77. The highest BCUT2D eigenvalue weighted by atomic mass is 35.5. The summed E-state index contributed by atoms with van der Waals surface area (Å²) in [5.41, 5.74) is 2.51. The zero-order valence-electron chi connectivity index (χ0n) is 17.3. The van der Waals surface area contributed by atoms with Crippen molar-refractivity contribution in [3.05, 3.63) is 40.5 Å². The molecule has 3 heterocycles. The van der Waals surface area contributed by atoms with Crippen LogP contribution in [0.5, 0.6) is 0 Å². The summed E-state index contributed by atoms with van der Waals surface area (Å²) < 4.78 is 10.8. The largest absolute Gasteiger partial charge is 0.385 e. The lowest BCUT2D eigenvalue weighted by atomic mass is 9.99. The number of ether oxygens (including phenoxy) is 2. The van der Waals surface area contributed by atoms with Crippen molar-refractivity contribution in [3.8, 4) is 11.1 Å². The lowest BCUT2D eigenvalue weighted by Crippen LogP contribution is -2.28. The first-order chi connectivity index (χ1) is 15.1. The number of carbonyl (C=O) groups is 1. The normalized spacial score (nSPS) is 18.0. The predicted octanol–water partition coefficient (Wildman–Crippen LogP) is 5.26. The number of aromatic nitrogens is 1. The van der Waals surface area contributed by atoms with Crippen LogP contribution in [-0.2, 0) is 14.3 Å². The summed E-state index contributed by atoms with van der Waals surface area (Å²) in [6, 6.07) is 7.60. The van der Waals surface area contributed by atoms with Gasteiger partial charge in [-0.3, -0.25) is 4.79 Å². The van der Waals surface area contributed by atoms with Crippen LogP contribution in [0, 0.1) is 11.8 Å². The molecule has 1 aromatic heterocycles. The third kappa shape index (κ3) is 5.89. The maximum atomic E-state index is 12.6. The van der Waals surface area contributed by atoms with E-state index < -0.39 is 0 Å². The van der Waals surface area contributed by atoms with Gasteiger partial charge in [0.15, 0.2) is 0 Å². The molecule has 0 saturated carbocycles. The predicted molar refractivity (Wildman–Crippen MR) is 124 cm³/mol. The summed E-state index contributed by atoms with van der Waals surface area (Å²) in [5.74, 6) is 0.968. The van der Waals surface area contributed by atoms with Crippen molar-refractivity contribution in [1.82, 2.24) is 4.98 Å². The van der Waals surface area contributed by atoms with Crippen molar-refractivity contribution in [2.45, 2.75) is 25.7 Å². The van der Waals surface area contributed by atoms with E-state index in [1.807, 2.05) is 18.2 Å². The molecular weight excluding hydrogens is 437 g/mol. The SMILES string of the molecule is O=C(Nc1cc(-c2cc(NCC3CCOCC3)ccc2Cl)c(Cl)cn1)C1CCOCC1. The number of carbonyl (C=O) groups excluding carboxylic acids is 1. The zero-order chi connectivity index (χ0) is 21.6. The molecule has 2 aliphatic rings. The molecule has 2 N–H and O–H groups in total. The van der Waals surface area contributed by atoms with Crippen molar-refractivity contribution in [1.29, 1.82) is 0 Å². The van der Waals surface area contributed by atoms with Gasteiger partial charge in [0, 0.05) is 66.9 Å². The van der Waals surface area contributed by atoms with Crippen molar-refractivity contribution < 1.29 is 14.3 Å². The Morgan fingerprint density at radius 2 is 1.65 bits per heavy atom. The molecule has 0 atom stereocenters. The van der Waals surface area contributed by atoms with Gasteiger partial charge in [0.05, 0.1) is 5.02 Å². The number of nitrogens with zero attached hydrogens (tertiary/aromatic N) is 1. The van der Waals surface area contributed by atoms with Crippen molar-refractivity contribution in [2.24, 2.45) is 11.8 Å². The van der Waals surface area contributed by atoms with Gasteiger partial charge < -0.3 is 20.1 Å². The highest BCUT2D eigenvalue weighted by Crippen LogP contribution is 2.36. The molecule has 2 aliphatic heterocycles. The Morgan fingerprint density at radius 1 is 0.968 bits per heavy atom. The second-order valence-electron chi connectivity index (χ2n) is 8.06. The topological polar surface area (TPSA) is 72.5 Å². The Balaban J connectivity index is 1.49. The van der Waals surface area contributed by atoms with E-state index in [0.29, 0.717) is 35.0 Å². The molecule has 0 radical (unpaired) electrons. The van der Waals surface area contributed by atoms with E-state index in [4.69, 9.17) is 32.7 Å². The molecule has 8 heteroatoms. The third-order valence-corrected chi connectivity index (χ3v) is 6.52. The van der Waals surface area contributed by atoms with E-state index in [1.54, 1.807) is 12.3 Å². The van der Waals surface area contributed by atoms with E-state index in [0.717, 1.165) is 62.3 Å². The fourth-order valence-electron chi connectivity index (χ4n) is 3.96. The minimum Gasteiger partial charge on any atom is -0.385 e. The van der Waals surface area contributed by atoms with Gasteiger partial charge in [0.1, 0.15) is 5.82 Å². The van der Waals surface area contributed by atoms with Crippen LogP contribution in [0.25, 0.3) is 11.1 Å². The van der Waals surface area contributed by atoms with Crippen LogP contribution < -0.4 is 10.6 Å². The van der Waals surface area contributed by atoms with Crippen LogP contribution >= 0.6 is 23.2 Å². The molecular formula is C23H27Cl2N3O3. The van der Waals surface area contributed by atoms with E-state index in [1.165, 1.54) is 0 Å². The van der Waals surface area contributed by atoms with Gasteiger partial charge in [-0.2, -0.15) is 0 Å². The lowest BCUT2D eigenvalue weighted by Gasteiger charge is -2.23. The van der Waals surface area contributed by atoms with Crippen LogP contribution in [-0.4, -0.2) is 43.9 Å². The molecule has 4 rings (SSSR count). The lowest BCUT2D eigenvalue weighted by molar-refractivity contribution is -0.122. The second kappa shape index (κ2) is 10.6. The molecule has 2 fully saturated rings. The van der Waals surface area contributed by atoms with E-state index in [-0.39, 0.29) is 11.8 Å². The molecule has 166 valence electrons. The number of rotatable bonds is 6. The zero-order valence-corrected chi connectivity index (χ0v) is 18.8. The minimum atomic E-state index is -0.0593. The highest BCUT2D eigenvalue weighted by molar-refractivity contribution is 6.36. The molecule has 6 nitrogen and oxygen atoms in total. The molecule has 2 aromatic rings. The van der Waals surface area contributed by atoms with E-state index in [9.17, 15) is 4.79 Å². The molecule has 31 heavy (non-hydrogen) atoms. The Morgan fingerprint density at radius 3 is 2.39 bits per heavy atom. The summed E-state index contributed by atoms with van der Waals surface area (Å²) in [5, 5.41) is 7.49. The van der Waals surface area contributed by atoms with Crippen LogP contribution in [0.3, 0.4) is 0 Å². The average molecular weight is 464 g/mol. The van der Waals surface area contributed by atoms with Crippen molar-refractivity contribution in [3.63, 3.8) is 0 Å².